The fourth-order valence-electron chi connectivity index (χ4n) is 1.75. The van der Waals surface area contributed by atoms with Gasteiger partial charge in [-0.3, -0.25) is 4.98 Å². The van der Waals surface area contributed by atoms with Gasteiger partial charge in [0.05, 0.1) is 18.1 Å². The minimum absolute atomic E-state index is 0.425. The molecule has 0 aromatic carbocycles. The number of halogens is 3. The van der Waals surface area contributed by atoms with E-state index in [-0.39, 0.29) is 0 Å². The lowest BCUT2D eigenvalue weighted by molar-refractivity contribution is -0.141. The molecule has 0 amide bonds. The lowest BCUT2D eigenvalue weighted by atomic mass is 10.2. The summed E-state index contributed by atoms with van der Waals surface area (Å²) in [5.74, 6) is 0.586. The molecule has 0 N–H and O–H groups in total. The van der Waals surface area contributed by atoms with Gasteiger partial charge >= 0.3 is 6.18 Å². The number of pyridine rings is 1. The molecule has 0 radical (unpaired) electrons. The highest BCUT2D eigenvalue weighted by Crippen LogP contribution is 2.28. The average Bonchev–Trinajstić information content (AvgIpc) is 3.10. The van der Waals surface area contributed by atoms with Gasteiger partial charge in [0.1, 0.15) is 5.76 Å². The van der Waals surface area contributed by atoms with Crippen molar-refractivity contribution in [3.05, 3.63) is 54.8 Å². The van der Waals surface area contributed by atoms with Crippen molar-refractivity contribution >= 4 is 0 Å². The summed E-state index contributed by atoms with van der Waals surface area (Å²) in [6.45, 7) is 0. The Labute approximate surface area is 111 Å². The molecule has 0 aliphatic heterocycles. The molecule has 0 aliphatic rings. The van der Waals surface area contributed by atoms with Crippen molar-refractivity contribution in [2.24, 2.45) is 0 Å². The van der Waals surface area contributed by atoms with Crippen LogP contribution in [0.3, 0.4) is 0 Å². The summed E-state index contributed by atoms with van der Waals surface area (Å²) in [5.41, 5.74) is 0.145. The molecular formula is C13H8F3N3O. The highest BCUT2D eigenvalue weighted by atomic mass is 19.4. The van der Waals surface area contributed by atoms with Crippen molar-refractivity contribution in [2.75, 3.05) is 0 Å². The van der Waals surface area contributed by atoms with Crippen LogP contribution in [0.2, 0.25) is 0 Å². The molecule has 0 saturated carbocycles. The molecule has 3 aromatic heterocycles. The smallest absolute Gasteiger partial charge is 0.435 e. The third-order valence-corrected chi connectivity index (χ3v) is 2.67. The predicted octanol–water partition coefficient (Wildman–Crippen LogP) is 3.55. The summed E-state index contributed by atoms with van der Waals surface area (Å²) in [6, 6.07) is 6.03. The third kappa shape index (κ3) is 2.29. The number of hydrogen-bond acceptors (Lipinski definition) is 3. The molecule has 3 rings (SSSR count). The summed E-state index contributed by atoms with van der Waals surface area (Å²) in [6.07, 6.45) is 1.29. The quantitative estimate of drug-likeness (QED) is 0.720. The van der Waals surface area contributed by atoms with Gasteiger partial charge in [-0.25, -0.2) is 4.68 Å². The van der Waals surface area contributed by atoms with Gasteiger partial charge in [0.2, 0.25) is 0 Å². The summed E-state index contributed by atoms with van der Waals surface area (Å²) in [7, 11) is 0. The molecule has 3 aromatic rings. The van der Waals surface area contributed by atoms with E-state index in [2.05, 4.69) is 10.1 Å². The van der Waals surface area contributed by atoms with E-state index in [1.165, 1.54) is 18.7 Å². The maximum Gasteiger partial charge on any atom is 0.435 e. The van der Waals surface area contributed by atoms with Crippen LogP contribution in [0.25, 0.3) is 17.0 Å². The van der Waals surface area contributed by atoms with Crippen LogP contribution in [0.1, 0.15) is 5.69 Å². The second kappa shape index (κ2) is 4.52. The molecule has 7 heteroatoms. The lowest BCUT2D eigenvalue weighted by Crippen LogP contribution is -2.07. The Morgan fingerprint density at radius 1 is 1.15 bits per heavy atom. The zero-order chi connectivity index (χ0) is 14.2. The normalized spacial score (nSPS) is 11.8. The second-order valence-electron chi connectivity index (χ2n) is 4.05. The van der Waals surface area contributed by atoms with Crippen molar-refractivity contribution in [1.29, 1.82) is 0 Å². The monoisotopic (exact) mass is 279 g/mol. The van der Waals surface area contributed by atoms with Crippen LogP contribution >= 0.6 is 0 Å². The van der Waals surface area contributed by atoms with Gasteiger partial charge in [0, 0.05) is 18.0 Å². The summed E-state index contributed by atoms with van der Waals surface area (Å²) in [4.78, 5) is 3.99. The van der Waals surface area contributed by atoms with Crippen molar-refractivity contribution in [3.8, 4) is 17.0 Å². The second-order valence-corrected chi connectivity index (χ2v) is 4.05. The molecule has 0 saturated heterocycles. The molecule has 102 valence electrons. The van der Waals surface area contributed by atoms with E-state index in [1.807, 2.05) is 0 Å². The number of alkyl halides is 3. The van der Waals surface area contributed by atoms with Gasteiger partial charge < -0.3 is 4.42 Å². The Kier molecular flexibility index (Phi) is 2.81. The highest BCUT2D eigenvalue weighted by molar-refractivity contribution is 5.58. The largest absolute Gasteiger partial charge is 0.464 e. The van der Waals surface area contributed by atoms with Crippen LogP contribution in [0.4, 0.5) is 13.2 Å². The highest BCUT2D eigenvalue weighted by Gasteiger charge is 2.33. The minimum atomic E-state index is -4.46. The van der Waals surface area contributed by atoms with Crippen molar-refractivity contribution in [2.45, 2.75) is 6.18 Å². The predicted molar refractivity (Wildman–Crippen MR) is 64.1 cm³/mol. The molecule has 20 heavy (non-hydrogen) atoms. The molecule has 4 nitrogen and oxygen atoms in total. The standard InChI is InChI=1S/C13H8F3N3O/c14-13(15,16)12-3-4-19(18-12)10-6-9(7-17-8-10)11-2-1-5-20-11/h1-8H. The van der Waals surface area contributed by atoms with Gasteiger partial charge in [-0.15, -0.1) is 0 Å². The Balaban J connectivity index is 1.99. The lowest BCUT2D eigenvalue weighted by Gasteiger charge is -2.04. The molecule has 0 unspecified atom stereocenters. The van der Waals surface area contributed by atoms with E-state index >= 15 is 0 Å². The van der Waals surface area contributed by atoms with Gasteiger partial charge in [-0.05, 0) is 24.3 Å². The molecular weight excluding hydrogens is 271 g/mol. The van der Waals surface area contributed by atoms with Crippen molar-refractivity contribution in [3.63, 3.8) is 0 Å². The van der Waals surface area contributed by atoms with Crippen LogP contribution in [0, 0.1) is 0 Å². The van der Waals surface area contributed by atoms with Crippen LogP contribution in [0.15, 0.2) is 53.5 Å². The Morgan fingerprint density at radius 3 is 2.65 bits per heavy atom. The van der Waals surface area contributed by atoms with E-state index in [0.29, 0.717) is 17.0 Å². The topological polar surface area (TPSA) is 43.9 Å². The van der Waals surface area contributed by atoms with E-state index in [9.17, 15) is 13.2 Å². The SMILES string of the molecule is FC(F)(F)c1ccn(-c2cncc(-c3ccco3)c2)n1. The number of nitrogens with zero attached hydrogens (tertiary/aromatic N) is 3. The Bertz CT molecular complexity index is 717. The first-order valence-electron chi connectivity index (χ1n) is 5.66. The van der Waals surface area contributed by atoms with E-state index in [1.54, 1.807) is 24.4 Å². The van der Waals surface area contributed by atoms with Crippen LogP contribution in [0.5, 0.6) is 0 Å². The first-order chi connectivity index (χ1) is 9.54. The number of rotatable bonds is 2. The first-order valence-corrected chi connectivity index (χ1v) is 5.66. The van der Waals surface area contributed by atoms with Gasteiger partial charge in [0.25, 0.3) is 0 Å². The molecule has 0 bridgehead atoms. The number of furan rings is 1. The van der Waals surface area contributed by atoms with Crippen molar-refractivity contribution in [1.82, 2.24) is 14.8 Å². The summed E-state index contributed by atoms with van der Waals surface area (Å²) >= 11 is 0. The Morgan fingerprint density at radius 2 is 2.00 bits per heavy atom. The molecule has 0 fully saturated rings. The minimum Gasteiger partial charge on any atom is -0.464 e. The van der Waals surface area contributed by atoms with Crippen LogP contribution < -0.4 is 0 Å². The summed E-state index contributed by atoms with van der Waals surface area (Å²) < 4.78 is 43.9. The first kappa shape index (κ1) is 12.5. The summed E-state index contributed by atoms with van der Waals surface area (Å²) in [5, 5.41) is 3.50. The van der Waals surface area contributed by atoms with Crippen molar-refractivity contribution < 1.29 is 17.6 Å². The zero-order valence-corrected chi connectivity index (χ0v) is 10.0. The number of hydrogen-bond donors (Lipinski definition) is 0. The molecule has 0 atom stereocenters. The fourth-order valence-corrected chi connectivity index (χ4v) is 1.75. The average molecular weight is 279 g/mol. The molecule has 3 heterocycles. The number of aromatic nitrogens is 3. The van der Waals surface area contributed by atoms with E-state index in [4.69, 9.17) is 4.42 Å². The van der Waals surface area contributed by atoms with Gasteiger partial charge in [-0.2, -0.15) is 18.3 Å². The van der Waals surface area contributed by atoms with E-state index < -0.39 is 11.9 Å². The Hall–Kier alpha value is -2.57. The fraction of sp³-hybridized carbons (Fsp3) is 0.0769. The van der Waals surface area contributed by atoms with Gasteiger partial charge in [-0.1, -0.05) is 0 Å². The zero-order valence-electron chi connectivity index (χ0n) is 10.0. The maximum absolute atomic E-state index is 12.5. The van der Waals surface area contributed by atoms with Gasteiger partial charge in [0.15, 0.2) is 5.69 Å². The van der Waals surface area contributed by atoms with Crippen LogP contribution in [-0.4, -0.2) is 14.8 Å². The van der Waals surface area contributed by atoms with E-state index in [0.717, 1.165) is 10.7 Å². The molecule has 0 spiro atoms. The maximum atomic E-state index is 12.5. The third-order valence-electron chi connectivity index (χ3n) is 2.67. The molecule has 0 aliphatic carbocycles. The van der Waals surface area contributed by atoms with Crippen LogP contribution in [-0.2, 0) is 6.18 Å².